The Labute approximate surface area is 239 Å². The fourth-order valence-electron chi connectivity index (χ4n) is 4.95. The van der Waals surface area contributed by atoms with E-state index in [1.807, 2.05) is 13.0 Å². The van der Waals surface area contributed by atoms with Gasteiger partial charge in [-0.3, -0.25) is 4.79 Å². The average molecular weight is 539 g/mol. The van der Waals surface area contributed by atoms with Gasteiger partial charge in [0.15, 0.2) is 0 Å². The zero-order valence-electron chi connectivity index (χ0n) is 25.5. The molecule has 39 heavy (non-hydrogen) atoms. The summed E-state index contributed by atoms with van der Waals surface area (Å²) in [5, 5.41) is 0. The van der Waals surface area contributed by atoms with Crippen molar-refractivity contribution in [2.75, 3.05) is 33.9 Å². The average Bonchev–Trinajstić information content (AvgIpc) is 2.93. The SMILES string of the molecule is CCCCCCCCCCCCc1ccc(OCCCOC(=O)C(C)CC[N+](C)(C)Cc2ccccc2)cc1. The molecule has 2 rings (SSSR count). The molecule has 4 heteroatoms. The number of hydrogen-bond donors (Lipinski definition) is 0. The summed E-state index contributed by atoms with van der Waals surface area (Å²) in [6.45, 7) is 7.10. The van der Waals surface area contributed by atoms with Gasteiger partial charge in [-0.2, -0.15) is 0 Å². The number of ether oxygens (including phenoxy) is 2. The molecule has 0 saturated heterocycles. The minimum absolute atomic E-state index is 0.0952. The molecule has 218 valence electrons. The quantitative estimate of drug-likeness (QED) is 0.0854. The Morgan fingerprint density at radius 3 is 2.00 bits per heavy atom. The monoisotopic (exact) mass is 538 g/mol. The van der Waals surface area contributed by atoms with E-state index in [0.29, 0.717) is 19.6 Å². The van der Waals surface area contributed by atoms with E-state index in [2.05, 4.69) is 69.6 Å². The first kappa shape index (κ1) is 32.9. The third kappa shape index (κ3) is 15.8. The summed E-state index contributed by atoms with van der Waals surface area (Å²) in [4.78, 5) is 12.4. The molecule has 0 aromatic heterocycles. The molecule has 0 amide bonds. The topological polar surface area (TPSA) is 35.5 Å². The second kappa shape index (κ2) is 19.7. The molecule has 0 aliphatic rings. The summed E-state index contributed by atoms with van der Waals surface area (Å²) in [5.74, 6) is 0.688. The van der Waals surface area contributed by atoms with Crippen molar-refractivity contribution in [2.24, 2.45) is 5.92 Å². The molecule has 0 spiro atoms. The fraction of sp³-hybridized carbons (Fsp3) is 0.629. The number of quaternary nitrogens is 1. The standard InChI is InChI=1S/C35H56NO3/c1-5-6-7-8-9-10-11-12-13-15-19-32-22-24-34(25-23-32)38-28-18-29-39-35(37)31(2)26-27-36(3,4)30-33-20-16-14-17-21-33/h14,16-17,20-25,31H,5-13,15,18-19,26-30H2,1-4H3/q+1. The molecule has 0 bridgehead atoms. The second-order valence-electron chi connectivity index (χ2n) is 11.9. The smallest absolute Gasteiger partial charge is 0.308 e. The lowest BCUT2D eigenvalue weighted by atomic mass is 10.0. The molecule has 0 radical (unpaired) electrons. The van der Waals surface area contributed by atoms with E-state index in [1.54, 1.807) is 0 Å². The Balaban J connectivity index is 1.49. The first-order valence-electron chi connectivity index (χ1n) is 15.6. The number of carbonyl (C=O) groups is 1. The number of nitrogens with zero attached hydrogens (tertiary/aromatic N) is 1. The maximum atomic E-state index is 12.4. The van der Waals surface area contributed by atoms with Gasteiger partial charge in [0.25, 0.3) is 0 Å². The largest absolute Gasteiger partial charge is 0.493 e. The molecule has 1 atom stereocenters. The summed E-state index contributed by atoms with van der Waals surface area (Å²) >= 11 is 0. The van der Waals surface area contributed by atoms with Gasteiger partial charge in [0.05, 0.1) is 39.8 Å². The van der Waals surface area contributed by atoms with Crippen molar-refractivity contribution in [3.63, 3.8) is 0 Å². The number of benzene rings is 2. The molecule has 0 fully saturated rings. The molecule has 0 aliphatic carbocycles. The molecule has 4 nitrogen and oxygen atoms in total. The van der Waals surface area contributed by atoms with Gasteiger partial charge in [-0.1, -0.05) is 114 Å². The van der Waals surface area contributed by atoms with E-state index >= 15 is 0 Å². The highest BCUT2D eigenvalue weighted by atomic mass is 16.5. The molecule has 2 aromatic rings. The van der Waals surface area contributed by atoms with E-state index in [4.69, 9.17) is 9.47 Å². The van der Waals surface area contributed by atoms with Crippen LogP contribution in [0.1, 0.15) is 102 Å². The van der Waals surface area contributed by atoms with Crippen LogP contribution in [-0.2, 0) is 22.5 Å². The van der Waals surface area contributed by atoms with E-state index in [0.717, 1.165) is 36.2 Å². The summed E-state index contributed by atoms with van der Waals surface area (Å²) in [6, 6.07) is 19.0. The minimum Gasteiger partial charge on any atom is -0.493 e. The minimum atomic E-state index is -0.106. The molecule has 0 N–H and O–H groups in total. The second-order valence-corrected chi connectivity index (χ2v) is 11.9. The van der Waals surface area contributed by atoms with Crippen molar-refractivity contribution < 1.29 is 18.8 Å². The Hall–Kier alpha value is -2.33. The predicted octanol–water partition coefficient (Wildman–Crippen LogP) is 8.76. The van der Waals surface area contributed by atoms with Crippen molar-refractivity contribution in [3.05, 3.63) is 65.7 Å². The zero-order valence-corrected chi connectivity index (χ0v) is 25.5. The fourth-order valence-corrected chi connectivity index (χ4v) is 4.95. The van der Waals surface area contributed by atoms with Gasteiger partial charge in [0, 0.05) is 18.4 Å². The van der Waals surface area contributed by atoms with Crippen LogP contribution in [0.2, 0.25) is 0 Å². The van der Waals surface area contributed by atoms with E-state index in [9.17, 15) is 4.79 Å². The number of hydrogen-bond acceptors (Lipinski definition) is 3. The lowest BCUT2D eigenvalue weighted by Gasteiger charge is -2.30. The molecule has 2 aromatic carbocycles. The van der Waals surface area contributed by atoms with Crippen LogP contribution in [0.15, 0.2) is 54.6 Å². The van der Waals surface area contributed by atoms with E-state index in [1.165, 1.54) is 75.3 Å². The summed E-state index contributed by atoms with van der Waals surface area (Å²) in [7, 11) is 4.43. The molecular formula is C35H56NO3+. The zero-order chi connectivity index (χ0) is 28.2. The molecular weight excluding hydrogens is 482 g/mol. The maximum Gasteiger partial charge on any atom is 0.308 e. The van der Waals surface area contributed by atoms with Gasteiger partial charge in [-0.05, 0) is 30.5 Å². The number of rotatable bonds is 22. The Morgan fingerprint density at radius 1 is 0.744 bits per heavy atom. The van der Waals surface area contributed by atoms with Crippen LogP contribution < -0.4 is 4.74 Å². The lowest BCUT2D eigenvalue weighted by molar-refractivity contribution is -0.904. The van der Waals surface area contributed by atoms with Gasteiger partial charge < -0.3 is 14.0 Å². The van der Waals surface area contributed by atoms with Crippen molar-refractivity contribution in [1.82, 2.24) is 0 Å². The van der Waals surface area contributed by atoms with Gasteiger partial charge in [0.2, 0.25) is 0 Å². The molecule has 1 unspecified atom stereocenters. The van der Waals surface area contributed by atoms with Crippen molar-refractivity contribution in [3.8, 4) is 5.75 Å². The maximum absolute atomic E-state index is 12.4. The number of aryl methyl sites for hydroxylation is 1. The van der Waals surface area contributed by atoms with Gasteiger partial charge in [-0.15, -0.1) is 0 Å². The van der Waals surface area contributed by atoms with Crippen molar-refractivity contribution in [2.45, 2.75) is 104 Å². The van der Waals surface area contributed by atoms with Gasteiger partial charge in [0.1, 0.15) is 12.3 Å². The van der Waals surface area contributed by atoms with Crippen molar-refractivity contribution >= 4 is 5.97 Å². The molecule has 0 saturated carbocycles. The van der Waals surface area contributed by atoms with Gasteiger partial charge in [-0.25, -0.2) is 0 Å². The third-order valence-electron chi connectivity index (χ3n) is 7.57. The number of esters is 1. The van der Waals surface area contributed by atoms with Crippen LogP contribution in [0.25, 0.3) is 0 Å². The van der Waals surface area contributed by atoms with Crippen molar-refractivity contribution in [1.29, 1.82) is 0 Å². The van der Waals surface area contributed by atoms with E-state index in [-0.39, 0.29) is 11.9 Å². The van der Waals surface area contributed by atoms with Gasteiger partial charge >= 0.3 is 5.97 Å². The Bertz CT molecular complexity index is 879. The van der Waals surface area contributed by atoms with E-state index < -0.39 is 0 Å². The highest BCUT2D eigenvalue weighted by Crippen LogP contribution is 2.17. The van der Waals surface area contributed by atoms with Crippen LogP contribution in [-0.4, -0.2) is 44.3 Å². The van der Waals surface area contributed by atoms with Crippen LogP contribution in [0.4, 0.5) is 0 Å². The molecule has 0 heterocycles. The van der Waals surface area contributed by atoms with Crippen LogP contribution in [0, 0.1) is 5.92 Å². The summed E-state index contributed by atoms with van der Waals surface area (Å²) < 4.78 is 12.2. The van der Waals surface area contributed by atoms with Crippen LogP contribution in [0.3, 0.4) is 0 Å². The summed E-state index contributed by atoms with van der Waals surface area (Å²) in [5.41, 5.74) is 2.71. The number of carbonyl (C=O) groups excluding carboxylic acids is 1. The normalized spacial score (nSPS) is 12.3. The number of unbranched alkanes of at least 4 members (excludes halogenated alkanes) is 9. The Kier molecular flexibility index (Phi) is 16.6. The lowest BCUT2D eigenvalue weighted by Crippen LogP contribution is -2.40. The van der Waals surface area contributed by atoms with Crippen LogP contribution in [0.5, 0.6) is 5.75 Å². The highest BCUT2D eigenvalue weighted by Gasteiger charge is 2.21. The predicted molar refractivity (Wildman–Crippen MR) is 164 cm³/mol. The summed E-state index contributed by atoms with van der Waals surface area (Å²) in [6.07, 6.45) is 16.4. The molecule has 0 aliphatic heterocycles. The first-order chi connectivity index (χ1) is 18.9. The highest BCUT2D eigenvalue weighted by molar-refractivity contribution is 5.71. The van der Waals surface area contributed by atoms with Crippen LogP contribution >= 0.6 is 0 Å². The Morgan fingerprint density at radius 2 is 1.36 bits per heavy atom. The first-order valence-corrected chi connectivity index (χ1v) is 15.6. The third-order valence-corrected chi connectivity index (χ3v) is 7.57.